The van der Waals surface area contributed by atoms with Gasteiger partial charge in [-0.05, 0) is 18.1 Å². The minimum atomic E-state index is -1.06. The summed E-state index contributed by atoms with van der Waals surface area (Å²) in [7, 11) is 0. The van der Waals surface area contributed by atoms with Crippen LogP contribution in [0.3, 0.4) is 0 Å². The summed E-state index contributed by atoms with van der Waals surface area (Å²) < 4.78 is 26.5. The Morgan fingerprint density at radius 3 is 2.71 bits per heavy atom. The molecule has 0 aliphatic carbocycles. The number of halogens is 2. The maximum Gasteiger partial charge on any atom is 0.327 e. The first-order valence-electron chi connectivity index (χ1n) is 6.53. The molecule has 0 saturated carbocycles. The summed E-state index contributed by atoms with van der Waals surface area (Å²) in [6.07, 6.45) is 0.346. The molecule has 2 atom stereocenters. The summed E-state index contributed by atoms with van der Waals surface area (Å²) >= 11 is 1.40. The van der Waals surface area contributed by atoms with Crippen LogP contribution in [-0.2, 0) is 16.0 Å². The Balaban J connectivity index is 2.18. The molecule has 1 fully saturated rings. The maximum atomic E-state index is 13.6. The van der Waals surface area contributed by atoms with Crippen molar-refractivity contribution in [2.45, 2.75) is 31.2 Å². The lowest BCUT2D eigenvalue weighted by Crippen LogP contribution is -2.46. The highest BCUT2D eigenvalue weighted by Gasteiger charge is 2.40. The van der Waals surface area contributed by atoms with E-state index in [0.29, 0.717) is 18.2 Å². The van der Waals surface area contributed by atoms with Gasteiger partial charge in [0.05, 0.1) is 11.8 Å². The number of benzene rings is 1. The van der Waals surface area contributed by atoms with Crippen molar-refractivity contribution < 1.29 is 23.5 Å². The van der Waals surface area contributed by atoms with E-state index in [0.717, 1.165) is 6.07 Å². The summed E-state index contributed by atoms with van der Waals surface area (Å²) in [5.41, 5.74) is 0.0669. The van der Waals surface area contributed by atoms with Gasteiger partial charge in [0.25, 0.3) is 0 Å². The van der Waals surface area contributed by atoms with E-state index in [4.69, 9.17) is 0 Å². The van der Waals surface area contributed by atoms with Crippen LogP contribution < -0.4 is 0 Å². The van der Waals surface area contributed by atoms with E-state index in [1.165, 1.54) is 22.7 Å². The van der Waals surface area contributed by atoms with Crippen molar-refractivity contribution in [3.8, 4) is 0 Å². The summed E-state index contributed by atoms with van der Waals surface area (Å²) in [6.45, 7) is 1.86. The zero-order chi connectivity index (χ0) is 15.6. The highest BCUT2D eigenvalue weighted by Crippen LogP contribution is 2.32. The van der Waals surface area contributed by atoms with Crippen LogP contribution in [0.5, 0.6) is 0 Å². The van der Waals surface area contributed by atoms with E-state index in [1.807, 2.05) is 6.92 Å². The van der Waals surface area contributed by atoms with Crippen molar-refractivity contribution >= 4 is 23.6 Å². The molecule has 114 valence electrons. The normalized spacial score (nSPS) is 21.6. The third-order valence-electron chi connectivity index (χ3n) is 3.37. The Morgan fingerprint density at radius 2 is 2.14 bits per heavy atom. The van der Waals surface area contributed by atoms with Crippen LogP contribution >= 0.6 is 11.8 Å². The van der Waals surface area contributed by atoms with Gasteiger partial charge in [0.15, 0.2) is 0 Å². The van der Waals surface area contributed by atoms with Crippen LogP contribution in [0.15, 0.2) is 18.2 Å². The first-order chi connectivity index (χ1) is 9.93. The zero-order valence-electron chi connectivity index (χ0n) is 11.4. The second kappa shape index (κ2) is 6.43. The van der Waals surface area contributed by atoms with Gasteiger partial charge >= 0.3 is 5.97 Å². The number of carbonyl (C=O) groups excluding carboxylic acids is 1. The van der Waals surface area contributed by atoms with E-state index in [2.05, 4.69) is 0 Å². The van der Waals surface area contributed by atoms with Crippen LogP contribution in [0.1, 0.15) is 18.9 Å². The Hall–Kier alpha value is -1.63. The lowest BCUT2D eigenvalue weighted by atomic mass is 10.1. The molecule has 1 aromatic rings. The van der Waals surface area contributed by atoms with Crippen molar-refractivity contribution in [2.24, 2.45) is 0 Å². The van der Waals surface area contributed by atoms with E-state index in [1.54, 1.807) is 0 Å². The lowest BCUT2D eigenvalue weighted by molar-refractivity contribution is -0.148. The number of carbonyl (C=O) groups is 2. The second-order valence-corrected chi connectivity index (χ2v) is 5.97. The Labute approximate surface area is 125 Å². The monoisotopic (exact) mass is 315 g/mol. The fraction of sp³-hybridized carbons (Fsp3) is 0.429. The van der Waals surface area contributed by atoms with Crippen LogP contribution in [0.25, 0.3) is 0 Å². The van der Waals surface area contributed by atoms with Crippen LogP contribution in [0.4, 0.5) is 8.78 Å². The molecular weight excluding hydrogens is 300 g/mol. The fourth-order valence-corrected chi connectivity index (χ4v) is 3.69. The second-order valence-electron chi connectivity index (χ2n) is 4.76. The van der Waals surface area contributed by atoms with Crippen molar-refractivity contribution in [2.75, 3.05) is 5.75 Å². The van der Waals surface area contributed by atoms with Crippen LogP contribution in [0, 0.1) is 11.6 Å². The summed E-state index contributed by atoms with van der Waals surface area (Å²) in [4.78, 5) is 24.8. The Kier molecular flexibility index (Phi) is 4.82. The van der Waals surface area contributed by atoms with Gasteiger partial charge in [-0.25, -0.2) is 13.6 Å². The topological polar surface area (TPSA) is 57.6 Å². The third-order valence-corrected chi connectivity index (χ3v) is 4.83. The number of nitrogens with zero attached hydrogens (tertiary/aromatic N) is 1. The SMILES string of the molecule is CCC1SCC(C(=O)O)N1C(=O)Cc1ccc(F)cc1F. The summed E-state index contributed by atoms with van der Waals surface area (Å²) in [5, 5.41) is 8.95. The fourth-order valence-electron chi connectivity index (χ4n) is 2.32. The molecule has 0 aromatic heterocycles. The number of rotatable bonds is 4. The van der Waals surface area contributed by atoms with Gasteiger partial charge in [-0.15, -0.1) is 11.8 Å². The number of hydrogen-bond acceptors (Lipinski definition) is 3. The predicted octanol–water partition coefficient (Wildman–Crippen LogP) is 2.27. The molecule has 0 spiro atoms. The number of carboxylic acid groups (broad SMARTS) is 1. The molecule has 1 N–H and O–H groups in total. The first kappa shape index (κ1) is 15.8. The van der Waals surface area contributed by atoms with Gasteiger partial charge in [0.2, 0.25) is 5.91 Å². The maximum absolute atomic E-state index is 13.6. The predicted molar refractivity (Wildman–Crippen MR) is 74.9 cm³/mol. The molecule has 2 rings (SSSR count). The number of thioether (sulfide) groups is 1. The van der Waals surface area contributed by atoms with E-state index in [-0.39, 0.29) is 17.4 Å². The average molecular weight is 315 g/mol. The number of hydrogen-bond donors (Lipinski definition) is 1. The van der Waals surface area contributed by atoms with E-state index in [9.17, 15) is 23.5 Å². The molecule has 7 heteroatoms. The first-order valence-corrected chi connectivity index (χ1v) is 7.58. The van der Waals surface area contributed by atoms with Gasteiger partial charge in [-0.1, -0.05) is 13.0 Å². The van der Waals surface area contributed by atoms with Gasteiger partial charge in [-0.2, -0.15) is 0 Å². The van der Waals surface area contributed by atoms with Gasteiger partial charge in [-0.3, -0.25) is 4.79 Å². The minimum absolute atomic E-state index is 0.0669. The zero-order valence-corrected chi connectivity index (χ0v) is 12.2. The Bertz CT molecular complexity index is 567. The van der Waals surface area contributed by atoms with Crippen molar-refractivity contribution in [3.63, 3.8) is 0 Å². The van der Waals surface area contributed by atoms with Crippen LogP contribution in [0.2, 0.25) is 0 Å². The molecule has 0 bridgehead atoms. The van der Waals surface area contributed by atoms with E-state index >= 15 is 0 Å². The minimum Gasteiger partial charge on any atom is -0.480 e. The van der Waals surface area contributed by atoms with E-state index < -0.39 is 29.6 Å². The van der Waals surface area contributed by atoms with Gasteiger partial charge < -0.3 is 10.0 Å². The number of carboxylic acids is 1. The average Bonchev–Trinajstić information content (AvgIpc) is 2.86. The van der Waals surface area contributed by atoms with Crippen molar-refractivity contribution in [1.29, 1.82) is 0 Å². The standard InChI is InChI=1S/C14H15F2NO3S/c1-2-13-17(11(7-21-13)14(19)20)12(18)5-8-3-4-9(15)6-10(8)16/h3-4,6,11,13H,2,5,7H2,1H3,(H,19,20). The Morgan fingerprint density at radius 1 is 1.43 bits per heavy atom. The smallest absolute Gasteiger partial charge is 0.327 e. The number of amides is 1. The highest BCUT2D eigenvalue weighted by molar-refractivity contribution is 8.00. The largest absolute Gasteiger partial charge is 0.480 e. The van der Waals surface area contributed by atoms with Gasteiger partial charge in [0, 0.05) is 11.8 Å². The highest BCUT2D eigenvalue weighted by atomic mass is 32.2. The summed E-state index contributed by atoms with van der Waals surface area (Å²) in [6, 6.07) is 2.11. The van der Waals surface area contributed by atoms with Gasteiger partial charge in [0.1, 0.15) is 17.7 Å². The van der Waals surface area contributed by atoms with Crippen molar-refractivity contribution in [3.05, 3.63) is 35.4 Å². The molecule has 0 radical (unpaired) electrons. The molecular formula is C14H15F2NO3S. The molecule has 2 unspecified atom stereocenters. The molecule has 1 aliphatic rings. The molecule has 1 saturated heterocycles. The number of aliphatic carboxylic acids is 1. The molecule has 21 heavy (non-hydrogen) atoms. The third kappa shape index (κ3) is 3.34. The molecule has 1 heterocycles. The quantitative estimate of drug-likeness (QED) is 0.926. The lowest BCUT2D eigenvalue weighted by Gasteiger charge is -2.26. The summed E-state index contributed by atoms with van der Waals surface area (Å²) in [5.74, 6) is -2.70. The molecule has 1 aliphatic heterocycles. The molecule has 4 nitrogen and oxygen atoms in total. The molecule has 1 amide bonds. The molecule has 1 aromatic carbocycles. The van der Waals surface area contributed by atoms with Crippen LogP contribution in [-0.4, -0.2) is 39.1 Å². The van der Waals surface area contributed by atoms with Crippen molar-refractivity contribution in [1.82, 2.24) is 4.90 Å².